The second-order valence-corrected chi connectivity index (χ2v) is 4.71. The van der Waals surface area contributed by atoms with E-state index in [9.17, 15) is 20.0 Å². The van der Waals surface area contributed by atoms with E-state index in [4.69, 9.17) is 0 Å². The zero-order valence-corrected chi connectivity index (χ0v) is 11.2. The zero-order chi connectivity index (χ0) is 15.4. The molecule has 1 amide bonds. The molecule has 21 heavy (non-hydrogen) atoms. The highest BCUT2D eigenvalue weighted by molar-refractivity contribution is 5.87. The van der Waals surface area contributed by atoms with Crippen molar-refractivity contribution in [2.45, 2.75) is 25.4 Å². The molecule has 1 aliphatic heterocycles. The molecule has 1 aromatic rings. The summed E-state index contributed by atoms with van der Waals surface area (Å²) in [4.78, 5) is 21.8. The third-order valence-corrected chi connectivity index (χ3v) is 3.01. The van der Waals surface area contributed by atoms with E-state index < -0.39 is 11.0 Å². The molecule has 1 saturated heterocycles. The number of nitro groups is 1. The predicted molar refractivity (Wildman–Crippen MR) is 74.6 cm³/mol. The molecule has 9 nitrogen and oxygen atoms in total. The van der Waals surface area contributed by atoms with E-state index in [1.807, 2.05) is 6.92 Å². The molecule has 2 atom stereocenters. The number of aromatic hydroxyl groups is 1. The number of non-ortho nitro benzene ring substituents is 1. The number of amides is 1. The number of hydrazine groups is 1. The fourth-order valence-electron chi connectivity index (χ4n) is 1.89. The summed E-state index contributed by atoms with van der Waals surface area (Å²) in [6.45, 7) is 1.94. The van der Waals surface area contributed by atoms with Gasteiger partial charge in [-0.05, 0) is 19.4 Å². The van der Waals surface area contributed by atoms with E-state index in [0.29, 0.717) is 6.42 Å². The first-order chi connectivity index (χ1) is 9.97. The summed E-state index contributed by atoms with van der Waals surface area (Å²) in [6.07, 6.45) is 1.79. The zero-order valence-electron chi connectivity index (χ0n) is 11.2. The monoisotopic (exact) mass is 293 g/mol. The van der Waals surface area contributed by atoms with Crippen molar-refractivity contribution >= 4 is 17.8 Å². The Morgan fingerprint density at radius 1 is 1.57 bits per heavy atom. The van der Waals surface area contributed by atoms with Crippen LogP contribution in [0.2, 0.25) is 0 Å². The molecule has 2 rings (SSSR count). The first-order valence-corrected chi connectivity index (χ1v) is 6.28. The first-order valence-electron chi connectivity index (χ1n) is 6.28. The molecule has 1 fully saturated rings. The van der Waals surface area contributed by atoms with Gasteiger partial charge in [-0.1, -0.05) is 0 Å². The number of phenolic OH excluding ortho intramolecular Hbond substituents is 1. The lowest BCUT2D eigenvalue weighted by Gasteiger charge is -2.06. The summed E-state index contributed by atoms with van der Waals surface area (Å²) < 4.78 is 0. The van der Waals surface area contributed by atoms with Crippen LogP contribution in [0, 0.1) is 10.1 Å². The van der Waals surface area contributed by atoms with E-state index in [2.05, 4.69) is 21.4 Å². The van der Waals surface area contributed by atoms with Gasteiger partial charge in [0.2, 0.25) is 0 Å². The van der Waals surface area contributed by atoms with Crippen LogP contribution in [0.3, 0.4) is 0 Å². The molecule has 0 bridgehead atoms. The number of hydrogen-bond acceptors (Lipinski definition) is 7. The number of hydrazone groups is 1. The molecule has 0 saturated carbocycles. The Bertz CT molecular complexity index is 589. The van der Waals surface area contributed by atoms with Gasteiger partial charge in [0.25, 0.3) is 11.6 Å². The molecular formula is C12H15N5O4. The summed E-state index contributed by atoms with van der Waals surface area (Å²) >= 11 is 0. The summed E-state index contributed by atoms with van der Waals surface area (Å²) in [5, 5.41) is 23.9. The van der Waals surface area contributed by atoms with Crippen LogP contribution in [-0.4, -0.2) is 34.2 Å². The minimum atomic E-state index is -0.579. The number of hydrogen-bond donors (Lipinski definition) is 4. The molecule has 1 aliphatic rings. The maximum absolute atomic E-state index is 11.7. The number of nitro benzene ring substituents is 1. The highest BCUT2D eigenvalue weighted by Gasteiger charge is 2.26. The maximum atomic E-state index is 11.7. The van der Waals surface area contributed by atoms with Gasteiger partial charge in [-0.2, -0.15) is 5.10 Å². The van der Waals surface area contributed by atoms with Crippen molar-refractivity contribution in [3.8, 4) is 5.75 Å². The van der Waals surface area contributed by atoms with Gasteiger partial charge in [0.15, 0.2) is 0 Å². The van der Waals surface area contributed by atoms with E-state index in [0.717, 1.165) is 6.21 Å². The van der Waals surface area contributed by atoms with Gasteiger partial charge in [0.1, 0.15) is 11.8 Å². The third-order valence-electron chi connectivity index (χ3n) is 3.01. The number of carbonyl (C=O) groups is 1. The van der Waals surface area contributed by atoms with Crippen molar-refractivity contribution in [2.75, 3.05) is 0 Å². The SMILES string of the molecule is CC1CC(C(=O)N/N=C/c2cc([N+](=O)[O-])ccc2O)NN1. The van der Waals surface area contributed by atoms with Crippen molar-refractivity contribution in [1.29, 1.82) is 0 Å². The molecule has 2 unspecified atom stereocenters. The van der Waals surface area contributed by atoms with E-state index >= 15 is 0 Å². The minimum absolute atomic E-state index is 0.148. The molecule has 4 N–H and O–H groups in total. The van der Waals surface area contributed by atoms with Crippen molar-refractivity contribution < 1.29 is 14.8 Å². The van der Waals surface area contributed by atoms with E-state index in [1.54, 1.807) is 0 Å². The van der Waals surface area contributed by atoms with Crippen LogP contribution >= 0.6 is 0 Å². The molecule has 0 radical (unpaired) electrons. The topological polar surface area (TPSA) is 129 Å². The highest BCUT2D eigenvalue weighted by Crippen LogP contribution is 2.21. The van der Waals surface area contributed by atoms with Gasteiger partial charge in [-0.25, -0.2) is 10.9 Å². The van der Waals surface area contributed by atoms with Crippen LogP contribution < -0.4 is 16.3 Å². The quantitative estimate of drug-likeness (QED) is 0.351. The van der Waals surface area contributed by atoms with Crippen molar-refractivity contribution in [3.05, 3.63) is 33.9 Å². The molecule has 0 spiro atoms. The second kappa shape index (κ2) is 6.29. The Kier molecular flexibility index (Phi) is 4.45. The van der Waals surface area contributed by atoms with Crippen LogP contribution in [0.4, 0.5) is 5.69 Å². The van der Waals surface area contributed by atoms with Gasteiger partial charge in [-0.3, -0.25) is 20.3 Å². The Morgan fingerprint density at radius 3 is 2.95 bits per heavy atom. The lowest BCUT2D eigenvalue weighted by atomic mass is 10.1. The van der Waals surface area contributed by atoms with E-state index in [-0.39, 0.29) is 28.9 Å². The molecule has 9 heteroatoms. The number of phenols is 1. The van der Waals surface area contributed by atoms with Crippen molar-refractivity contribution in [2.24, 2.45) is 5.10 Å². The Hall–Kier alpha value is -2.52. The van der Waals surface area contributed by atoms with Crippen LogP contribution in [0.1, 0.15) is 18.9 Å². The summed E-state index contributed by atoms with van der Waals surface area (Å²) in [5.41, 5.74) is 8.02. The average Bonchev–Trinajstić information content (AvgIpc) is 2.87. The van der Waals surface area contributed by atoms with Gasteiger partial charge in [-0.15, -0.1) is 0 Å². The van der Waals surface area contributed by atoms with Gasteiger partial charge in [0.05, 0.1) is 11.1 Å². The maximum Gasteiger partial charge on any atom is 0.270 e. The van der Waals surface area contributed by atoms with Crippen LogP contribution in [0.15, 0.2) is 23.3 Å². The highest BCUT2D eigenvalue weighted by atomic mass is 16.6. The van der Waals surface area contributed by atoms with Crippen molar-refractivity contribution in [3.63, 3.8) is 0 Å². The van der Waals surface area contributed by atoms with Gasteiger partial charge < -0.3 is 5.11 Å². The molecular weight excluding hydrogens is 278 g/mol. The average molecular weight is 293 g/mol. The molecule has 1 heterocycles. The Labute approximate surface area is 120 Å². The first kappa shape index (κ1) is 14.9. The smallest absolute Gasteiger partial charge is 0.270 e. The number of benzene rings is 1. The Balaban J connectivity index is 1.99. The van der Waals surface area contributed by atoms with Crippen molar-refractivity contribution in [1.82, 2.24) is 16.3 Å². The third kappa shape index (κ3) is 3.74. The summed E-state index contributed by atoms with van der Waals surface area (Å²) in [5.74, 6) is -0.485. The lowest BCUT2D eigenvalue weighted by Crippen LogP contribution is -2.41. The minimum Gasteiger partial charge on any atom is -0.507 e. The number of rotatable bonds is 4. The van der Waals surface area contributed by atoms with E-state index in [1.165, 1.54) is 18.2 Å². The molecule has 0 aliphatic carbocycles. The van der Waals surface area contributed by atoms with Crippen LogP contribution in [0.25, 0.3) is 0 Å². The lowest BCUT2D eigenvalue weighted by molar-refractivity contribution is -0.384. The van der Waals surface area contributed by atoms with Crippen LogP contribution in [0.5, 0.6) is 5.75 Å². The van der Waals surface area contributed by atoms with Gasteiger partial charge >= 0.3 is 0 Å². The largest absolute Gasteiger partial charge is 0.507 e. The Morgan fingerprint density at radius 2 is 2.33 bits per heavy atom. The number of nitrogens with one attached hydrogen (secondary N) is 3. The van der Waals surface area contributed by atoms with Gasteiger partial charge in [0, 0.05) is 23.7 Å². The predicted octanol–water partition coefficient (Wildman–Crippen LogP) is 0.00550. The second-order valence-electron chi connectivity index (χ2n) is 4.71. The number of nitrogens with zero attached hydrogens (tertiary/aromatic N) is 2. The van der Waals surface area contributed by atoms with Crippen LogP contribution in [-0.2, 0) is 4.79 Å². The normalized spacial score (nSPS) is 21.6. The molecule has 1 aromatic carbocycles. The molecule has 112 valence electrons. The summed E-state index contributed by atoms with van der Waals surface area (Å²) in [6, 6.07) is 3.34. The fourth-order valence-corrected chi connectivity index (χ4v) is 1.89. The number of carbonyl (C=O) groups excluding carboxylic acids is 1. The fraction of sp³-hybridized carbons (Fsp3) is 0.333. The summed E-state index contributed by atoms with van der Waals surface area (Å²) in [7, 11) is 0. The standard InChI is InChI=1S/C12H15N5O4/c1-7-4-10(15-14-7)12(19)16-13-6-8-5-9(17(20)21)2-3-11(8)18/h2-3,5-7,10,14-15,18H,4H2,1H3,(H,16,19)/b13-6+. The molecule has 0 aromatic heterocycles.